The van der Waals surface area contributed by atoms with Crippen LogP contribution in [0.15, 0.2) is 77.7 Å². The van der Waals surface area contributed by atoms with Gasteiger partial charge in [-0.15, -0.1) is 0 Å². The molecule has 3 aromatic rings. The molecule has 0 bridgehead atoms. The lowest BCUT2D eigenvalue weighted by atomic mass is 10.0. The van der Waals surface area contributed by atoms with E-state index in [-0.39, 0.29) is 10.8 Å². The molecule has 0 aliphatic rings. The van der Waals surface area contributed by atoms with Gasteiger partial charge in [-0.2, -0.15) is 0 Å². The number of aryl methyl sites for hydroxylation is 1. The summed E-state index contributed by atoms with van der Waals surface area (Å²) in [6.07, 6.45) is 0.686. The number of carbonyl (C=O) groups is 1. The number of hydrogen-bond donors (Lipinski definition) is 1. The molecule has 0 saturated heterocycles. The minimum absolute atomic E-state index is 0.0934. The normalized spacial score (nSPS) is 11.4. The van der Waals surface area contributed by atoms with E-state index in [0.29, 0.717) is 23.2 Å². The Morgan fingerprint density at radius 1 is 0.931 bits per heavy atom. The summed E-state index contributed by atoms with van der Waals surface area (Å²) in [4.78, 5) is 13.1. The maximum atomic E-state index is 13.0. The van der Waals surface area contributed by atoms with Crippen LogP contribution in [0.5, 0.6) is 0 Å². The summed E-state index contributed by atoms with van der Waals surface area (Å²) in [5.74, 6) is -0.334. The number of nitrogens with zero attached hydrogens (tertiary/aromatic N) is 1. The van der Waals surface area contributed by atoms with Crippen molar-refractivity contribution in [2.75, 3.05) is 19.4 Å². The van der Waals surface area contributed by atoms with Crippen LogP contribution in [0.2, 0.25) is 0 Å². The summed E-state index contributed by atoms with van der Waals surface area (Å²) in [5, 5.41) is 2.95. The molecule has 150 valence electrons. The van der Waals surface area contributed by atoms with Gasteiger partial charge in [0, 0.05) is 25.3 Å². The molecular weight excluding hydrogens is 384 g/mol. The molecule has 1 N–H and O–H groups in total. The lowest BCUT2D eigenvalue weighted by Crippen LogP contribution is -2.23. The van der Waals surface area contributed by atoms with E-state index < -0.39 is 10.0 Å². The molecule has 0 heterocycles. The number of nitrogens with one attached hydrogen (secondary N) is 1. The summed E-state index contributed by atoms with van der Waals surface area (Å²) >= 11 is 0. The second-order valence-electron chi connectivity index (χ2n) is 7.04. The van der Waals surface area contributed by atoms with Crippen LogP contribution in [-0.2, 0) is 16.4 Å². The van der Waals surface area contributed by atoms with E-state index in [4.69, 9.17) is 0 Å². The summed E-state index contributed by atoms with van der Waals surface area (Å²) in [5.41, 5.74) is 3.89. The third-order valence-corrected chi connectivity index (χ3v) is 6.55. The Balaban J connectivity index is 1.90. The van der Waals surface area contributed by atoms with Gasteiger partial charge in [0.05, 0.1) is 4.90 Å². The van der Waals surface area contributed by atoms with Gasteiger partial charge >= 0.3 is 0 Å². The molecule has 29 heavy (non-hydrogen) atoms. The molecule has 5 nitrogen and oxygen atoms in total. The second kappa shape index (κ2) is 8.59. The molecule has 0 radical (unpaired) electrons. The average Bonchev–Trinajstić information content (AvgIpc) is 2.70. The van der Waals surface area contributed by atoms with Crippen LogP contribution in [0.25, 0.3) is 0 Å². The van der Waals surface area contributed by atoms with E-state index in [0.717, 1.165) is 15.4 Å². The van der Waals surface area contributed by atoms with E-state index in [1.807, 2.05) is 54.6 Å². The molecule has 0 fully saturated rings. The predicted molar refractivity (Wildman–Crippen MR) is 116 cm³/mol. The van der Waals surface area contributed by atoms with Crippen molar-refractivity contribution >= 4 is 21.6 Å². The first-order chi connectivity index (χ1) is 13.8. The topological polar surface area (TPSA) is 66.5 Å². The highest BCUT2D eigenvalue weighted by atomic mass is 32.2. The zero-order valence-corrected chi connectivity index (χ0v) is 17.5. The van der Waals surface area contributed by atoms with E-state index in [1.165, 1.54) is 26.2 Å². The Bertz CT molecular complexity index is 1120. The van der Waals surface area contributed by atoms with Gasteiger partial charge in [-0.3, -0.25) is 4.79 Å². The van der Waals surface area contributed by atoms with Crippen molar-refractivity contribution in [1.82, 2.24) is 4.31 Å². The van der Waals surface area contributed by atoms with Crippen LogP contribution in [0, 0.1) is 6.92 Å². The smallest absolute Gasteiger partial charge is 0.255 e. The fourth-order valence-corrected chi connectivity index (χ4v) is 3.95. The van der Waals surface area contributed by atoms with Crippen molar-refractivity contribution in [1.29, 1.82) is 0 Å². The molecule has 3 aromatic carbocycles. The van der Waals surface area contributed by atoms with Gasteiger partial charge in [-0.1, -0.05) is 54.6 Å². The molecular formula is C23H24N2O3S. The zero-order chi connectivity index (χ0) is 21.0. The minimum Gasteiger partial charge on any atom is -0.322 e. The van der Waals surface area contributed by atoms with Gasteiger partial charge in [0.25, 0.3) is 5.91 Å². The molecule has 0 aromatic heterocycles. The van der Waals surface area contributed by atoms with E-state index in [1.54, 1.807) is 13.0 Å². The second-order valence-corrected chi connectivity index (χ2v) is 9.19. The highest BCUT2D eigenvalue weighted by Crippen LogP contribution is 2.22. The van der Waals surface area contributed by atoms with Crippen molar-refractivity contribution in [3.05, 3.63) is 95.1 Å². The number of carbonyl (C=O) groups excluding carboxylic acids is 1. The number of benzene rings is 3. The Hall–Kier alpha value is -2.96. The number of hydrogen-bond acceptors (Lipinski definition) is 3. The first-order valence-electron chi connectivity index (χ1n) is 9.25. The predicted octanol–water partition coefficient (Wildman–Crippen LogP) is 4.09. The molecule has 0 saturated carbocycles. The van der Waals surface area contributed by atoms with Gasteiger partial charge in [-0.25, -0.2) is 12.7 Å². The molecule has 0 aliphatic heterocycles. The Labute approximate surface area is 172 Å². The van der Waals surface area contributed by atoms with Crippen molar-refractivity contribution in [3.63, 3.8) is 0 Å². The molecule has 0 spiro atoms. The van der Waals surface area contributed by atoms with Gasteiger partial charge < -0.3 is 5.32 Å². The average molecular weight is 409 g/mol. The Kier molecular flexibility index (Phi) is 6.15. The standard InChI is InChI=1S/C23H24N2O3S/c1-17-13-14-20(29(27,28)25(2)3)16-21(17)23(26)24-22-12-8-7-11-19(22)15-18-9-5-4-6-10-18/h4-14,16H,15H2,1-3H3,(H,24,26). The summed E-state index contributed by atoms with van der Waals surface area (Å²) < 4.78 is 26.0. The SMILES string of the molecule is Cc1ccc(S(=O)(=O)N(C)C)cc1C(=O)Nc1ccccc1Cc1ccccc1. The van der Waals surface area contributed by atoms with Gasteiger partial charge in [0.1, 0.15) is 0 Å². The number of para-hydroxylation sites is 1. The van der Waals surface area contributed by atoms with Crippen LogP contribution in [-0.4, -0.2) is 32.7 Å². The highest BCUT2D eigenvalue weighted by Gasteiger charge is 2.20. The minimum atomic E-state index is -3.62. The fourth-order valence-electron chi connectivity index (χ4n) is 3.02. The van der Waals surface area contributed by atoms with Gasteiger partial charge in [0.15, 0.2) is 0 Å². The van der Waals surface area contributed by atoms with Crippen molar-refractivity contribution in [3.8, 4) is 0 Å². The molecule has 3 rings (SSSR count). The van der Waals surface area contributed by atoms with Crippen molar-refractivity contribution in [2.45, 2.75) is 18.2 Å². The number of rotatable bonds is 6. The van der Waals surface area contributed by atoms with Gasteiger partial charge in [-0.05, 0) is 48.2 Å². The van der Waals surface area contributed by atoms with Crippen molar-refractivity contribution < 1.29 is 13.2 Å². The molecule has 0 atom stereocenters. The largest absolute Gasteiger partial charge is 0.322 e. The maximum absolute atomic E-state index is 13.0. The Morgan fingerprint density at radius 3 is 2.28 bits per heavy atom. The van der Waals surface area contributed by atoms with Crippen molar-refractivity contribution in [2.24, 2.45) is 0 Å². The summed E-state index contributed by atoms with van der Waals surface area (Å²) in [6, 6.07) is 22.2. The quantitative estimate of drug-likeness (QED) is 0.668. The van der Waals surface area contributed by atoms with Crippen LogP contribution in [0.3, 0.4) is 0 Å². The monoisotopic (exact) mass is 408 g/mol. The molecule has 1 amide bonds. The van der Waals surface area contributed by atoms with Gasteiger partial charge in [0.2, 0.25) is 10.0 Å². The lowest BCUT2D eigenvalue weighted by molar-refractivity contribution is 0.102. The summed E-state index contributed by atoms with van der Waals surface area (Å²) in [7, 11) is -0.684. The van der Waals surface area contributed by atoms with Crippen LogP contribution >= 0.6 is 0 Å². The highest BCUT2D eigenvalue weighted by molar-refractivity contribution is 7.89. The summed E-state index contributed by atoms with van der Waals surface area (Å²) in [6.45, 7) is 1.79. The number of anilines is 1. The first-order valence-corrected chi connectivity index (χ1v) is 10.7. The molecule has 0 unspecified atom stereocenters. The first kappa shape index (κ1) is 20.8. The third-order valence-electron chi connectivity index (χ3n) is 4.74. The number of sulfonamides is 1. The van der Waals surface area contributed by atoms with E-state index in [2.05, 4.69) is 5.32 Å². The molecule has 0 aliphatic carbocycles. The molecule has 6 heteroatoms. The zero-order valence-electron chi connectivity index (χ0n) is 16.7. The Morgan fingerprint density at radius 2 is 1.59 bits per heavy atom. The fraction of sp³-hybridized carbons (Fsp3) is 0.174. The third kappa shape index (κ3) is 4.72. The van der Waals surface area contributed by atoms with E-state index >= 15 is 0 Å². The maximum Gasteiger partial charge on any atom is 0.255 e. The van der Waals surface area contributed by atoms with Crippen LogP contribution in [0.1, 0.15) is 27.0 Å². The van der Waals surface area contributed by atoms with Crippen LogP contribution in [0.4, 0.5) is 5.69 Å². The van der Waals surface area contributed by atoms with Crippen LogP contribution < -0.4 is 5.32 Å². The number of amides is 1. The van der Waals surface area contributed by atoms with E-state index in [9.17, 15) is 13.2 Å². The lowest BCUT2D eigenvalue weighted by Gasteiger charge is -2.15.